The van der Waals surface area contributed by atoms with Gasteiger partial charge in [0.1, 0.15) is 5.38 Å². The van der Waals surface area contributed by atoms with Gasteiger partial charge in [-0.3, -0.25) is 0 Å². The summed E-state index contributed by atoms with van der Waals surface area (Å²) in [5.74, 6) is 0.106. The first kappa shape index (κ1) is 15.7. The molecule has 0 radical (unpaired) electrons. The van der Waals surface area contributed by atoms with Crippen LogP contribution in [0.4, 0.5) is 0 Å². The SMILES string of the molecule is Oc1cc2c(c(C(Cl)C(Cl)(Cl)Cl)c1O)Oc1ccccc1O2. The van der Waals surface area contributed by atoms with Crippen LogP contribution in [0.25, 0.3) is 0 Å². The van der Waals surface area contributed by atoms with Gasteiger partial charge in [0.2, 0.25) is 3.79 Å². The van der Waals surface area contributed by atoms with Crippen molar-refractivity contribution in [2.24, 2.45) is 0 Å². The highest BCUT2D eigenvalue weighted by Crippen LogP contribution is 2.58. The van der Waals surface area contributed by atoms with Gasteiger partial charge in [-0.1, -0.05) is 46.9 Å². The number of rotatable bonds is 1. The molecule has 4 nitrogen and oxygen atoms in total. The van der Waals surface area contributed by atoms with Gasteiger partial charge in [0, 0.05) is 6.07 Å². The number of phenolic OH excluding ortho intramolecular Hbond substituents is 2. The lowest BCUT2D eigenvalue weighted by Crippen LogP contribution is -2.14. The van der Waals surface area contributed by atoms with Crippen molar-refractivity contribution in [3.8, 4) is 34.5 Å². The number of aromatic hydroxyl groups is 2. The molecule has 0 saturated heterocycles. The maximum Gasteiger partial charge on any atom is 0.211 e. The van der Waals surface area contributed by atoms with Crippen LogP contribution in [0.2, 0.25) is 0 Å². The van der Waals surface area contributed by atoms with Crippen LogP contribution in [-0.4, -0.2) is 14.0 Å². The third-order valence-corrected chi connectivity index (χ3v) is 4.59. The van der Waals surface area contributed by atoms with E-state index in [1.807, 2.05) is 0 Å². The molecular weight excluding hydrogens is 374 g/mol. The molecule has 0 amide bonds. The topological polar surface area (TPSA) is 58.9 Å². The molecule has 1 unspecified atom stereocenters. The van der Waals surface area contributed by atoms with Crippen LogP contribution >= 0.6 is 46.4 Å². The van der Waals surface area contributed by atoms with Gasteiger partial charge in [0.05, 0.1) is 5.56 Å². The zero-order chi connectivity index (χ0) is 16.1. The van der Waals surface area contributed by atoms with Gasteiger partial charge in [0.25, 0.3) is 0 Å². The number of ether oxygens (including phenoxy) is 2. The number of fused-ring (bicyclic) bond motifs is 2. The summed E-state index contributed by atoms with van der Waals surface area (Å²) in [5.41, 5.74) is -0.0637. The van der Waals surface area contributed by atoms with E-state index in [1.165, 1.54) is 6.07 Å². The molecule has 0 aliphatic carbocycles. The lowest BCUT2D eigenvalue weighted by molar-refractivity contribution is 0.340. The molecule has 0 saturated carbocycles. The van der Waals surface area contributed by atoms with Crippen LogP contribution in [0.5, 0.6) is 34.5 Å². The van der Waals surface area contributed by atoms with E-state index in [2.05, 4.69) is 0 Å². The monoisotopic (exact) mass is 380 g/mol. The van der Waals surface area contributed by atoms with E-state index >= 15 is 0 Å². The summed E-state index contributed by atoms with van der Waals surface area (Å²) in [7, 11) is 0. The largest absolute Gasteiger partial charge is 0.504 e. The summed E-state index contributed by atoms with van der Waals surface area (Å²) in [4.78, 5) is 0. The van der Waals surface area contributed by atoms with Gasteiger partial charge < -0.3 is 19.7 Å². The minimum Gasteiger partial charge on any atom is -0.504 e. The molecule has 0 bridgehead atoms. The number of para-hydroxylation sites is 2. The van der Waals surface area contributed by atoms with Crippen molar-refractivity contribution in [2.45, 2.75) is 9.17 Å². The number of benzene rings is 2. The quantitative estimate of drug-likeness (QED) is 0.422. The number of alkyl halides is 4. The smallest absolute Gasteiger partial charge is 0.211 e. The highest BCUT2D eigenvalue weighted by Gasteiger charge is 2.39. The second kappa shape index (κ2) is 5.46. The predicted octanol–water partition coefficient (Wildman–Crippen LogP) is 5.65. The molecular formula is C14H8Cl4O4. The summed E-state index contributed by atoms with van der Waals surface area (Å²) in [6, 6.07) is 8.08. The molecule has 2 N–H and O–H groups in total. The van der Waals surface area contributed by atoms with Gasteiger partial charge in [-0.05, 0) is 12.1 Å². The summed E-state index contributed by atoms with van der Waals surface area (Å²) >= 11 is 23.5. The van der Waals surface area contributed by atoms with Crippen molar-refractivity contribution in [3.63, 3.8) is 0 Å². The minimum absolute atomic E-state index is 0.0637. The lowest BCUT2D eigenvalue weighted by atomic mass is 10.1. The van der Waals surface area contributed by atoms with Gasteiger partial charge in [-0.15, -0.1) is 11.6 Å². The Hall–Kier alpha value is -1.20. The highest BCUT2D eigenvalue weighted by atomic mass is 35.6. The Bertz CT molecular complexity index is 742. The maximum atomic E-state index is 10.1. The van der Waals surface area contributed by atoms with E-state index in [1.54, 1.807) is 24.3 Å². The summed E-state index contributed by atoms with van der Waals surface area (Å²) in [6.07, 6.45) is 0. The van der Waals surface area contributed by atoms with Gasteiger partial charge in [-0.2, -0.15) is 0 Å². The van der Waals surface area contributed by atoms with E-state index < -0.39 is 20.7 Å². The second-order valence-electron chi connectivity index (χ2n) is 4.54. The fraction of sp³-hybridized carbons (Fsp3) is 0.143. The number of hydrogen-bond donors (Lipinski definition) is 2. The molecule has 1 aliphatic heterocycles. The van der Waals surface area contributed by atoms with Crippen LogP contribution in [0.1, 0.15) is 10.9 Å². The number of hydrogen-bond acceptors (Lipinski definition) is 4. The zero-order valence-electron chi connectivity index (χ0n) is 10.7. The normalized spacial score (nSPS) is 14.4. The third kappa shape index (κ3) is 2.61. The average molecular weight is 382 g/mol. The number of halogens is 4. The minimum atomic E-state index is -1.93. The Morgan fingerprint density at radius 1 is 0.955 bits per heavy atom. The van der Waals surface area contributed by atoms with Crippen molar-refractivity contribution in [1.82, 2.24) is 0 Å². The van der Waals surface area contributed by atoms with E-state index in [0.29, 0.717) is 11.5 Å². The zero-order valence-corrected chi connectivity index (χ0v) is 13.7. The molecule has 0 fully saturated rings. The van der Waals surface area contributed by atoms with E-state index in [9.17, 15) is 10.2 Å². The summed E-state index contributed by atoms with van der Waals surface area (Å²) < 4.78 is 9.41. The Labute approximate surface area is 145 Å². The standard InChI is InChI=1S/C14H8Cl4O4/c15-13(14(16,17)18)10-11(20)6(19)5-9-12(10)22-8-4-2-1-3-7(8)21-9/h1-5,13,19-20H. The summed E-state index contributed by atoms with van der Waals surface area (Å²) in [6.45, 7) is 0. The highest BCUT2D eigenvalue weighted by molar-refractivity contribution is 6.70. The van der Waals surface area contributed by atoms with Crippen molar-refractivity contribution < 1.29 is 19.7 Å². The van der Waals surface area contributed by atoms with Crippen LogP contribution in [-0.2, 0) is 0 Å². The fourth-order valence-corrected chi connectivity index (χ4v) is 2.59. The van der Waals surface area contributed by atoms with E-state index in [4.69, 9.17) is 55.9 Å². The van der Waals surface area contributed by atoms with Crippen LogP contribution < -0.4 is 9.47 Å². The molecule has 22 heavy (non-hydrogen) atoms. The first-order valence-corrected chi connectivity index (χ1v) is 7.60. The van der Waals surface area contributed by atoms with Crippen LogP contribution in [0, 0.1) is 0 Å². The molecule has 1 atom stereocenters. The second-order valence-corrected chi connectivity index (χ2v) is 7.35. The lowest BCUT2D eigenvalue weighted by Gasteiger charge is -2.27. The Balaban J connectivity index is 2.19. The third-order valence-electron chi connectivity index (χ3n) is 3.06. The molecule has 0 aromatic heterocycles. The van der Waals surface area contributed by atoms with Crippen molar-refractivity contribution in [2.75, 3.05) is 0 Å². The van der Waals surface area contributed by atoms with Crippen molar-refractivity contribution in [3.05, 3.63) is 35.9 Å². The first-order chi connectivity index (χ1) is 10.3. The first-order valence-electron chi connectivity index (χ1n) is 6.03. The molecule has 1 aliphatic rings. The Morgan fingerprint density at radius 3 is 2.14 bits per heavy atom. The van der Waals surface area contributed by atoms with Crippen molar-refractivity contribution >= 4 is 46.4 Å². The van der Waals surface area contributed by atoms with Crippen molar-refractivity contribution in [1.29, 1.82) is 0 Å². The van der Waals surface area contributed by atoms with E-state index in [0.717, 1.165) is 0 Å². The predicted molar refractivity (Wildman–Crippen MR) is 85.2 cm³/mol. The Morgan fingerprint density at radius 2 is 1.55 bits per heavy atom. The number of phenols is 2. The molecule has 2 aromatic rings. The van der Waals surface area contributed by atoms with Gasteiger partial charge in [0.15, 0.2) is 34.5 Å². The fourth-order valence-electron chi connectivity index (χ4n) is 2.06. The van der Waals surface area contributed by atoms with Crippen LogP contribution in [0.15, 0.2) is 30.3 Å². The van der Waals surface area contributed by atoms with E-state index in [-0.39, 0.29) is 17.1 Å². The Kier molecular flexibility index (Phi) is 3.89. The van der Waals surface area contributed by atoms with Crippen LogP contribution in [0.3, 0.4) is 0 Å². The summed E-state index contributed by atoms with van der Waals surface area (Å²) in [5, 5.41) is 18.7. The van der Waals surface area contributed by atoms with Gasteiger partial charge >= 0.3 is 0 Å². The average Bonchev–Trinajstić information content (AvgIpc) is 2.45. The molecule has 8 heteroatoms. The molecule has 1 heterocycles. The molecule has 3 rings (SSSR count). The molecule has 2 aromatic carbocycles. The molecule has 0 spiro atoms. The maximum absolute atomic E-state index is 10.1. The molecule has 116 valence electrons. The van der Waals surface area contributed by atoms with Gasteiger partial charge in [-0.25, -0.2) is 0 Å².